The third kappa shape index (κ3) is 4.54. The molecular formula is C24H29FO3. The number of halogens is 1. The average molecular weight is 384 g/mol. The van der Waals surface area contributed by atoms with Crippen molar-refractivity contribution in [3.8, 4) is 16.9 Å². The molecule has 28 heavy (non-hydrogen) atoms. The molecule has 3 rings (SSSR count). The van der Waals surface area contributed by atoms with Crippen LogP contribution >= 0.6 is 0 Å². The Morgan fingerprint density at radius 2 is 1.93 bits per heavy atom. The van der Waals surface area contributed by atoms with Crippen molar-refractivity contribution in [2.45, 2.75) is 53.1 Å². The van der Waals surface area contributed by atoms with Gasteiger partial charge in [-0.2, -0.15) is 0 Å². The Morgan fingerprint density at radius 1 is 1.21 bits per heavy atom. The van der Waals surface area contributed by atoms with Crippen LogP contribution in [0.1, 0.15) is 46.1 Å². The summed E-state index contributed by atoms with van der Waals surface area (Å²) < 4.78 is 25.1. The molecule has 1 saturated carbocycles. The third-order valence-electron chi connectivity index (χ3n) is 5.51. The molecule has 2 aromatic rings. The van der Waals surface area contributed by atoms with Gasteiger partial charge in [0.2, 0.25) is 0 Å². The van der Waals surface area contributed by atoms with Gasteiger partial charge in [-0.25, -0.2) is 4.39 Å². The van der Waals surface area contributed by atoms with Gasteiger partial charge in [0.15, 0.2) is 0 Å². The highest BCUT2D eigenvalue weighted by atomic mass is 19.1. The molecule has 150 valence electrons. The maximum atomic E-state index is 14.3. The Labute approximate surface area is 166 Å². The second kappa shape index (κ2) is 8.34. The number of rotatable bonds is 8. The zero-order chi connectivity index (χ0) is 20.3. The van der Waals surface area contributed by atoms with Crippen molar-refractivity contribution in [2.75, 3.05) is 6.61 Å². The van der Waals surface area contributed by atoms with Gasteiger partial charge >= 0.3 is 5.97 Å². The van der Waals surface area contributed by atoms with Crippen molar-refractivity contribution >= 4 is 5.97 Å². The molecule has 1 fully saturated rings. The SMILES string of the molecule is CCOC(=O)[C@@]1(C)C[C@@H]1CCc1ccc(-c2cc(OC(C)C)ccc2F)cc1. The van der Waals surface area contributed by atoms with Crippen LogP contribution in [0, 0.1) is 17.2 Å². The summed E-state index contributed by atoms with van der Waals surface area (Å²) in [5, 5.41) is 0. The van der Waals surface area contributed by atoms with Crippen molar-refractivity contribution < 1.29 is 18.7 Å². The summed E-state index contributed by atoms with van der Waals surface area (Å²) >= 11 is 0. The predicted octanol–water partition coefficient (Wildman–Crippen LogP) is 5.80. The summed E-state index contributed by atoms with van der Waals surface area (Å²) in [6.07, 6.45) is 2.81. The zero-order valence-electron chi connectivity index (χ0n) is 17.1. The first kappa shape index (κ1) is 20.4. The second-order valence-corrected chi connectivity index (χ2v) is 8.08. The number of esters is 1. The summed E-state index contributed by atoms with van der Waals surface area (Å²) in [4.78, 5) is 12.0. The monoisotopic (exact) mass is 384 g/mol. The van der Waals surface area contributed by atoms with Crippen LogP contribution < -0.4 is 4.74 Å². The molecule has 0 amide bonds. The minimum atomic E-state index is -0.310. The van der Waals surface area contributed by atoms with E-state index in [0.29, 0.717) is 23.8 Å². The summed E-state index contributed by atoms with van der Waals surface area (Å²) in [6.45, 7) is 8.17. The number of ether oxygens (including phenoxy) is 2. The molecule has 0 unspecified atom stereocenters. The smallest absolute Gasteiger partial charge is 0.312 e. The van der Waals surface area contributed by atoms with Gasteiger partial charge in [-0.05, 0) is 82.2 Å². The number of aryl methyl sites for hydroxylation is 1. The molecule has 0 N–H and O–H groups in total. The maximum absolute atomic E-state index is 14.3. The lowest BCUT2D eigenvalue weighted by molar-refractivity contribution is -0.149. The van der Waals surface area contributed by atoms with Crippen LogP contribution in [0.3, 0.4) is 0 Å². The summed E-state index contributed by atoms with van der Waals surface area (Å²) in [7, 11) is 0. The molecule has 0 aromatic heterocycles. The summed E-state index contributed by atoms with van der Waals surface area (Å²) in [6, 6.07) is 12.8. The van der Waals surface area contributed by atoms with Crippen molar-refractivity contribution in [2.24, 2.45) is 11.3 Å². The van der Waals surface area contributed by atoms with Crippen molar-refractivity contribution in [3.05, 3.63) is 53.8 Å². The molecule has 0 radical (unpaired) electrons. The quantitative estimate of drug-likeness (QED) is 0.540. The maximum Gasteiger partial charge on any atom is 0.312 e. The number of hydrogen-bond donors (Lipinski definition) is 0. The minimum Gasteiger partial charge on any atom is -0.491 e. The molecule has 2 atom stereocenters. The molecule has 0 saturated heterocycles. The van der Waals surface area contributed by atoms with E-state index < -0.39 is 0 Å². The molecule has 1 aliphatic carbocycles. The number of carbonyl (C=O) groups is 1. The normalized spacial score (nSPS) is 20.9. The highest BCUT2D eigenvalue weighted by Crippen LogP contribution is 2.55. The van der Waals surface area contributed by atoms with E-state index in [1.807, 2.05) is 52.0 Å². The highest BCUT2D eigenvalue weighted by Gasteiger charge is 2.56. The van der Waals surface area contributed by atoms with E-state index in [1.165, 1.54) is 11.6 Å². The Kier molecular flexibility index (Phi) is 6.07. The largest absolute Gasteiger partial charge is 0.491 e. The van der Waals surface area contributed by atoms with Crippen LogP contribution in [0.25, 0.3) is 11.1 Å². The zero-order valence-corrected chi connectivity index (χ0v) is 17.1. The fourth-order valence-corrected chi connectivity index (χ4v) is 3.68. The van der Waals surface area contributed by atoms with E-state index in [1.54, 1.807) is 12.1 Å². The molecule has 0 heterocycles. The van der Waals surface area contributed by atoms with Gasteiger partial charge in [0, 0.05) is 5.56 Å². The van der Waals surface area contributed by atoms with Crippen LogP contribution in [-0.4, -0.2) is 18.7 Å². The van der Waals surface area contributed by atoms with Gasteiger partial charge in [-0.15, -0.1) is 0 Å². The van der Waals surface area contributed by atoms with E-state index in [4.69, 9.17) is 9.47 Å². The Bertz CT molecular complexity index is 828. The highest BCUT2D eigenvalue weighted by molar-refractivity contribution is 5.80. The minimum absolute atomic E-state index is 0.0448. The lowest BCUT2D eigenvalue weighted by Crippen LogP contribution is -2.18. The molecule has 4 heteroatoms. The number of benzene rings is 2. The van der Waals surface area contributed by atoms with Crippen LogP contribution in [-0.2, 0) is 16.0 Å². The molecular weight excluding hydrogens is 355 g/mol. The van der Waals surface area contributed by atoms with Crippen molar-refractivity contribution in [1.82, 2.24) is 0 Å². The molecule has 0 aliphatic heterocycles. The van der Waals surface area contributed by atoms with E-state index in [-0.39, 0.29) is 23.3 Å². The Hall–Kier alpha value is -2.36. The van der Waals surface area contributed by atoms with Crippen LogP contribution in [0.4, 0.5) is 4.39 Å². The Balaban J connectivity index is 1.63. The molecule has 1 aliphatic rings. The number of hydrogen-bond acceptors (Lipinski definition) is 3. The van der Waals surface area contributed by atoms with Gasteiger partial charge < -0.3 is 9.47 Å². The fourth-order valence-electron chi connectivity index (χ4n) is 3.68. The third-order valence-corrected chi connectivity index (χ3v) is 5.51. The van der Waals surface area contributed by atoms with Crippen LogP contribution in [0.15, 0.2) is 42.5 Å². The van der Waals surface area contributed by atoms with Crippen molar-refractivity contribution in [1.29, 1.82) is 0 Å². The Morgan fingerprint density at radius 3 is 2.57 bits per heavy atom. The molecule has 0 spiro atoms. The lowest BCUT2D eigenvalue weighted by Gasteiger charge is -2.12. The van der Waals surface area contributed by atoms with Gasteiger partial charge in [0.25, 0.3) is 0 Å². The van der Waals surface area contributed by atoms with Gasteiger partial charge in [0.05, 0.1) is 18.1 Å². The van der Waals surface area contributed by atoms with Gasteiger partial charge in [-0.1, -0.05) is 24.3 Å². The van der Waals surface area contributed by atoms with E-state index >= 15 is 0 Å². The van der Waals surface area contributed by atoms with E-state index in [0.717, 1.165) is 24.8 Å². The summed E-state index contributed by atoms with van der Waals surface area (Å²) in [5.74, 6) is 0.720. The second-order valence-electron chi connectivity index (χ2n) is 8.08. The van der Waals surface area contributed by atoms with Crippen molar-refractivity contribution in [3.63, 3.8) is 0 Å². The van der Waals surface area contributed by atoms with Crippen LogP contribution in [0.2, 0.25) is 0 Å². The first-order valence-corrected chi connectivity index (χ1v) is 10.1. The van der Waals surface area contributed by atoms with E-state index in [9.17, 15) is 9.18 Å². The molecule has 0 bridgehead atoms. The van der Waals surface area contributed by atoms with Crippen LogP contribution in [0.5, 0.6) is 5.75 Å². The van der Waals surface area contributed by atoms with Gasteiger partial charge in [0.1, 0.15) is 11.6 Å². The van der Waals surface area contributed by atoms with E-state index in [2.05, 4.69) is 0 Å². The molecule has 3 nitrogen and oxygen atoms in total. The number of carbonyl (C=O) groups excluding carboxylic acids is 1. The average Bonchev–Trinajstić information content (AvgIpc) is 3.34. The fraction of sp³-hybridized carbons (Fsp3) is 0.458. The predicted molar refractivity (Wildman–Crippen MR) is 109 cm³/mol. The molecule has 2 aromatic carbocycles. The van der Waals surface area contributed by atoms with Gasteiger partial charge in [-0.3, -0.25) is 4.79 Å². The lowest BCUT2D eigenvalue weighted by atomic mass is 9.98. The standard InChI is InChI=1S/C24H29FO3/c1-5-27-23(26)24(4)15-19(24)11-8-17-6-9-18(10-7-17)21-14-20(28-16(2)3)12-13-22(21)25/h6-7,9-10,12-14,16,19H,5,8,11,15H2,1-4H3/t19-,24-/m0/s1. The topological polar surface area (TPSA) is 35.5 Å². The first-order valence-electron chi connectivity index (χ1n) is 10.1. The first-order chi connectivity index (χ1) is 13.3. The summed E-state index contributed by atoms with van der Waals surface area (Å²) in [5.41, 5.74) is 2.26.